The van der Waals surface area contributed by atoms with Crippen molar-refractivity contribution in [3.63, 3.8) is 0 Å². The third-order valence-electron chi connectivity index (χ3n) is 6.19. The van der Waals surface area contributed by atoms with Gasteiger partial charge in [0, 0.05) is 6.04 Å². The van der Waals surface area contributed by atoms with Crippen LogP contribution in [0.2, 0.25) is 0 Å². The van der Waals surface area contributed by atoms with Crippen LogP contribution in [0, 0.1) is 23.7 Å². The Balaban J connectivity index is 1.60. The summed E-state index contributed by atoms with van der Waals surface area (Å²) in [6, 6.07) is 9.08. The Morgan fingerprint density at radius 2 is 1.50 bits per heavy atom. The molecule has 1 aromatic carbocycles. The lowest BCUT2D eigenvalue weighted by molar-refractivity contribution is -0.00278. The summed E-state index contributed by atoms with van der Waals surface area (Å²) in [5.74, 6) is 4.87. The van der Waals surface area contributed by atoms with Gasteiger partial charge < -0.3 is 5.73 Å². The molecule has 2 N–H and O–H groups in total. The first-order chi connectivity index (χ1) is 9.74. The Labute approximate surface area is 122 Å². The average Bonchev–Trinajstić information content (AvgIpc) is 2.46. The molecule has 0 saturated heterocycles. The maximum absolute atomic E-state index is 6.02. The zero-order chi connectivity index (χ0) is 13.7. The van der Waals surface area contributed by atoms with Crippen molar-refractivity contribution >= 4 is 0 Å². The third-order valence-corrected chi connectivity index (χ3v) is 6.19. The second-order valence-electron chi connectivity index (χ2n) is 7.38. The van der Waals surface area contributed by atoms with E-state index in [4.69, 9.17) is 5.73 Å². The molecule has 1 nitrogen and oxygen atoms in total. The second-order valence-corrected chi connectivity index (χ2v) is 7.38. The Bertz CT molecular complexity index is 473. The van der Waals surface area contributed by atoms with E-state index in [9.17, 15) is 0 Å². The van der Waals surface area contributed by atoms with Crippen LogP contribution in [0.3, 0.4) is 0 Å². The molecule has 4 fully saturated rings. The fourth-order valence-corrected chi connectivity index (χ4v) is 5.55. The molecule has 0 amide bonds. The van der Waals surface area contributed by atoms with Gasteiger partial charge >= 0.3 is 0 Å². The lowest BCUT2D eigenvalue weighted by Crippen LogP contribution is -2.43. The molecular formula is C19H25N. The Kier molecular flexibility index (Phi) is 2.99. The fraction of sp³-hybridized carbons (Fsp3) is 0.579. The van der Waals surface area contributed by atoms with Gasteiger partial charge in [0.1, 0.15) is 0 Å². The molecule has 0 heterocycles. The van der Waals surface area contributed by atoms with Crippen LogP contribution >= 0.6 is 0 Å². The predicted octanol–water partition coefficient (Wildman–Crippen LogP) is 4.41. The molecule has 4 bridgehead atoms. The Hall–Kier alpha value is -1.08. The molecule has 1 unspecified atom stereocenters. The molecule has 4 aliphatic carbocycles. The highest BCUT2D eigenvalue weighted by Crippen LogP contribution is 2.59. The Morgan fingerprint density at radius 3 is 2.00 bits per heavy atom. The molecule has 1 atom stereocenters. The van der Waals surface area contributed by atoms with E-state index < -0.39 is 0 Å². The van der Waals surface area contributed by atoms with Gasteiger partial charge in [-0.2, -0.15) is 0 Å². The topological polar surface area (TPSA) is 26.0 Å². The summed E-state index contributed by atoms with van der Waals surface area (Å²) >= 11 is 0. The standard InChI is InChI=1S/C19H25N/c1-2-18(20)14-3-5-15(6-4-14)19-16-8-12-7-13(10-16)11-17(19)9-12/h2-6,12-13,16-19H,1,7-11,20H2. The van der Waals surface area contributed by atoms with E-state index in [1.807, 2.05) is 6.08 Å². The summed E-state index contributed by atoms with van der Waals surface area (Å²) in [6.45, 7) is 3.78. The first-order valence-electron chi connectivity index (χ1n) is 8.22. The van der Waals surface area contributed by atoms with Gasteiger partial charge in [-0.1, -0.05) is 30.3 Å². The van der Waals surface area contributed by atoms with Gasteiger partial charge in [0.05, 0.1) is 0 Å². The summed E-state index contributed by atoms with van der Waals surface area (Å²) in [7, 11) is 0. The smallest absolute Gasteiger partial charge is 0.0478 e. The molecule has 20 heavy (non-hydrogen) atoms. The van der Waals surface area contributed by atoms with Crippen LogP contribution in [0.25, 0.3) is 0 Å². The minimum absolute atomic E-state index is 0.0254. The highest BCUT2D eigenvalue weighted by Gasteiger charge is 2.48. The minimum atomic E-state index is -0.0254. The van der Waals surface area contributed by atoms with Crippen molar-refractivity contribution in [2.75, 3.05) is 0 Å². The van der Waals surface area contributed by atoms with Gasteiger partial charge in [-0.25, -0.2) is 0 Å². The van der Waals surface area contributed by atoms with Crippen LogP contribution in [0.4, 0.5) is 0 Å². The fourth-order valence-electron chi connectivity index (χ4n) is 5.55. The number of hydrogen-bond acceptors (Lipinski definition) is 1. The van der Waals surface area contributed by atoms with E-state index in [1.165, 1.54) is 37.7 Å². The van der Waals surface area contributed by atoms with Crippen molar-refractivity contribution in [3.8, 4) is 0 Å². The summed E-state index contributed by atoms with van der Waals surface area (Å²) in [5.41, 5.74) is 8.78. The van der Waals surface area contributed by atoms with Gasteiger partial charge in [-0.15, -0.1) is 6.58 Å². The molecule has 1 heteroatoms. The van der Waals surface area contributed by atoms with E-state index in [0.29, 0.717) is 0 Å². The second kappa shape index (κ2) is 4.73. The van der Waals surface area contributed by atoms with E-state index in [0.717, 1.165) is 29.6 Å². The van der Waals surface area contributed by atoms with E-state index in [-0.39, 0.29) is 6.04 Å². The summed E-state index contributed by atoms with van der Waals surface area (Å²) < 4.78 is 0. The number of rotatable bonds is 3. The molecule has 0 radical (unpaired) electrons. The first-order valence-corrected chi connectivity index (χ1v) is 8.22. The largest absolute Gasteiger partial charge is 0.321 e. The molecule has 0 spiro atoms. The molecule has 0 aliphatic heterocycles. The zero-order valence-corrected chi connectivity index (χ0v) is 12.2. The summed E-state index contributed by atoms with van der Waals surface area (Å²) in [5, 5.41) is 0. The SMILES string of the molecule is C=CC(N)c1ccc(C2C3CC4CC(C3)CC2C4)cc1. The predicted molar refractivity (Wildman–Crippen MR) is 83.4 cm³/mol. The lowest BCUT2D eigenvalue weighted by atomic mass is 9.51. The summed E-state index contributed by atoms with van der Waals surface area (Å²) in [4.78, 5) is 0. The van der Waals surface area contributed by atoms with E-state index in [2.05, 4.69) is 30.8 Å². The normalized spacial score (nSPS) is 39.8. The average molecular weight is 267 g/mol. The zero-order valence-electron chi connectivity index (χ0n) is 12.2. The third kappa shape index (κ3) is 1.95. The van der Waals surface area contributed by atoms with Crippen LogP contribution in [0.15, 0.2) is 36.9 Å². The van der Waals surface area contributed by atoms with Crippen LogP contribution in [0.5, 0.6) is 0 Å². The lowest BCUT2D eigenvalue weighted by Gasteiger charge is -2.54. The van der Waals surface area contributed by atoms with Gasteiger partial charge in [-0.3, -0.25) is 0 Å². The quantitative estimate of drug-likeness (QED) is 0.806. The molecular weight excluding hydrogens is 242 g/mol. The van der Waals surface area contributed by atoms with Crippen molar-refractivity contribution in [3.05, 3.63) is 48.0 Å². The number of benzene rings is 1. The highest BCUT2D eigenvalue weighted by atomic mass is 14.6. The summed E-state index contributed by atoms with van der Waals surface area (Å²) in [6.07, 6.45) is 9.32. The highest BCUT2D eigenvalue weighted by molar-refractivity contribution is 5.31. The molecule has 4 aliphatic rings. The van der Waals surface area contributed by atoms with Gasteiger partial charge in [0.25, 0.3) is 0 Å². The van der Waals surface area contributed by atoms with Gasteiger partial charge in [-0.05, 0) is 72.8 Å². The van der Waals surface area contributed by atoms with Crippen molar-refractivity contribution in [2.45, 2.75) is 44.1 Å². The van der Waals surface area contributed by atoms with Crippen LogP contribution < -0.4 is 5.73 Å². The van der Waals surface area contributed by atoms with E-state index in [1.54, 1.807) is 5.56 Å². The number of hydrogen-bond donors (Lipinski definition) is 1. The Morgan fingerprint density at radius 1 is 0.950 bits per heavy atom. The molecule has 5 rings (SSSR count). The van der Waals surface area contributed by atoms with Crippen molar-refractivity contribution in [1.29, 1.82) is 0 Å². The van der Waals surface area contributed by atoms with Crippen LogP contribution in [-0.2, 0) is 0 Å². The monoisotopic (exact) mass is 267 g/mol. The number of nitrogens with two attached hydrogens (primary N) is 1. The van der Waals surface area contributed by atoms with Gasteiger partial charge in [0.15, 0.2) is 0 Å². The molecule has 4 saturated carbocycles. The van der Waals surface area contributed by atoms with Gasteiger partial charge in [0.2, 0.25) is 0 Å². The first kappa shape index (κ1) is 12.6. The molecule has 0 aromatic heterocycles. The molecule has 1 aromatic rings. The van der Waals surface area contributed by atoms with Crippen LogP contribution in [-0.4, -0.2) is 0 Å². The van der Waals surface area contributed by atoms with E-state index >= 15 is 0 Å². The minimum Gasteiger partial charge on any atom is -0.321 e. The van der Waals surface area contributed by atoms with Crippen molar-refractivity contribution in [1.82, 2.24) is 0 Å². The van der Waals surface area contributed by atoms with Crippen LogP contribution in [0.1, 0.15) is 55.2 Å². The maximum atomic E-state index is 6.02. The maximum Gasteiger partial charge on any atom is 0.0478 e. The van der Waals surface area contributed by atoms with Crippen molar-refractivity contribution in [2.24, 2.45) is 29.4 Å². The molecule has 106 valence electrons. The van der Waals surface area contributed by atoms with Crippen molar-refractivity contribution < 1.29 is 0 Å².